The molecule has 3 nitrogen and oxygen atoms in total. The fourth-order valence-corrected chi connectivity index (χ4v) is 0.302. The standard InChI is InChI=1S/C3H9N3S.Pb.2H/c4-1-2-6-3(5)7;;;/h1-2,4H2,(H3,5,6,7);;;. The van der Waals surface area contributed by atoms with Crippen molar-refractivity contribution >= 4 is 45.1 Å². The Morgan fingerprint density at radius 2 is 2.25 bits per heavy atom. The number of nitrogens with two attached hydrogens (primary N) is 1. The van der Waals surface area contributed by atoms with Gasteiger partial charge in [-0.25, -0.2) is 0 Å². The fourth-order valence-electron chi connectivity index (χ4n) is 0.191. The fraction of sp³-hybridized carbons (Fsp3) is 0.667. The topological polar surface area (TPSA) is 61.9 Å². The van der Waals surface area contributed by atoms with Crippen LogP contribution in [0.3, 0.4) is 0 Å². The Balaban J connectivity index is 0. The normalized spacial score (nSPS) is 7.25. The third-order valence-corrected chi connectivity index (χ3v) is 0.595. The predicted octanol–water partition coefficient (Wildman–Crippen LogP) is -1.52. The minimum absolute atomic E-state index is 0. The molecule has 0 amide bonds. The molecule has 2 radical (unpaired) electrons. The van der Waals surface area contributed by atoms with Gasteiger partial charge < -0.3 is 11.1 Å². The van der Waals surface area contributed by atoms with E-state index in [1.54, 1.807) is 0 Å². The van der Waals surface area contributed by atoms with Gasteiger partial charge in [0, 0.05) is 13.1 Å². The summed E-state index contributed by atoms with van der Waals surface area (Å²) in [4.78, 5) is 0. The van der Waals surface area contributed by atoms with Gasteiger partial charge in [0.2, 0.25) is 0 Å². The van der Waals surface area contributed by atoms with Gasteiger partial charge in [0.15, 0.2) is 5.17 Å². The van der Waals surface area contributed by atoms with E-state index in [0.29, 0.717) is 13.1 Å². The van der Waals surface area contributed by atoms with E-state index in [9.17, 15) is 0 Å². The van der Waals surface area contributed by atoms with E-state index in [2.05, 4.69) is 17.9 Å². The van der Waals surface area contributed by atoms with E-state index < -0.39 is 0 Å². The van der Waals surface area contributed by atoms with Crippen LogP contribution in [0.5, 0.6) is 0 Å². The third kappa shape index (κ3) is 9.86. The zero-order chi connectivity index (χ0) is 5.70. The SMILES string of the molecule is N=C(S)NCCN.[PbH2]. The summed E-state index contributed by atoms with van der Waals surface area (Å²) in [6, 6.07) is 0. The number of rotatable bonds is 2. The number of hydrogen-bond acceptors (Lipinski definition) is 2. The van der Waals surface area contributed by atoms with Gasteiger partial charge in [0.05, 0.1) is 0 Å². The number of amidine groups is 1. The predicted molar refractivity (Wildman–Crippen MR) is 42.3 cm³/mol. The molecule has 0 bridgehead atoms. The molecule has 0 aromatic carbocycles. The van der Waals surface area contributed by atoms with Gasteiger partial charge in [0.25, 0.3) is 0 Å². The zero-order valence-corrected chi connectivity index (χ0v) is 11.0. The summed E-state index contributed by atoms with van der Waals surface area (Å²) in [5.74, 6) is 0. The molecule has 0 aromatic rings. The molecular formula is C3H11N3PbS. The molecular weight excluding hydrogens is 317 g/mol. The van der Waals surface area contributed by atoms with Crippen molar-refractivity contribution in [2.24, 2.45) is 5.73 Å². The first-order chi connectivity index (χ1) is 3.27. The molecule has 0 aliphatic heterocycles. The molecule has 0 unspecified atom stereocenters. The van der Waals surface area contributed by atoms with Crippen molar-refractivity contribution < 1.29 is 0 Å². The van der Waals surface area contributed by atoms with Gasteiger partial charge in [-0.05, 0) is 0 Å². The summed E-state index contributed by atoms with van der Waals surface area (Å²) in [7, 11) is 0. The first kappa shape index (κ1) is 11.5. The van der Waals surface area contributed by atoms with Crippen LogP contribution in [0.1, 0.15) is 0 Å². The third-order valence-electron chi connectivity index (χ3n) is 0.437. The van der Waals surface area contributed by atoms with Crippen molar-refractivity contribution in [2.75, 3.05) is 13.1 Å². The summed E-state index contributed by atoms with van der Waals surface area (Å²) in [5.41, 5.74) is 5.08. The molecule has 48 valence electrons. The molecule has 5 heteroatoms. The second-order valence-corrected chi connectivity index (χ2v) is 1.51. The number of hydrogen-bond donors (Lipinski definition) is 4. The van der Waals surface area contributed by atoms with Crippen LogP contribution in [0.15, 0.2) is 0 Å². The average molecular weight is 328 g/mol. The molecule has 0 saturated heterocycles. The van der Waals surface area contributed by atoms with E-state index in [1.165, 1.54) is 0 Å². The molecule has 0 rings (SSSR count). The van der Waals surface area contributed by atoms with Crippen molar-refractivity contribution in [3.63, 3.8) is 0 Å². The molecule has 0 atom stereocenters. The molecule has 0 fully saturated rings. The van der Waals surface area contributed by atoms with Crippen molar-refractivity contribution in [1.82, 2.24) is 5.32 Å². The summed E-state index contributed by atoms with van der Waals surface area (Å²) in [6.45, 7) is 1.17. The Morgan fingerprint density at radius 3 is 2.38 bits per heavy atom. The van der Waals surface area contributed by atoms with Crippen LogP contribution in [0.2, 0.25) is 0 Å². The summed E-state index contributed by atoms with van der Waals surface area (Å²) < 4.78 is 0. The van der Waals surface area contributed by atoms with E-state index >= 15 is 0 Å². The van der Waals surface area contributed by atoms with Crippen LogP contribution in [-0.2, 0) is 0 Å². The Labute approximate surface area is 74.5 Å². The number of thiol groups is 1. The molecule has 4 N–H and O–H groups in total. The molecule has 0 aliphatic carbocycles. The Hall–Kier alpha value is 0.702. The van der Waals surface area contributed by atoms with Gasteiger partial charge in [-0.15, -0.1) is 12.6 Å². The average Bonchev–Trinajstić information content (AvgIpc) is 1.61. The minimum atomic E-state index is 0. The molecule has 0 spiro atoms. The van der Waals surface area contributed by atoms with Crippen molar-refractivity contribution in [3.8, 4) is 0 Å². The maximum atomic E-state index is 6.70. The van der Waals surface area contributed by atoms with Crippen molar-refractivity contribution in [1.29, 1.82) is 5.41 Å². The molecule has 0 aromatic heterocycles. The first-order valence-corrected chi connectivity index (χ1v) is 2.43. The van der Waals surface area contributed by atoms with E-state index in [1.807, 2.05) is 0 Å². The van der Waals surface area contributed by atoms with Crippen LogP contribution in [0.4, 0.5) is 0 Å². The molecule has 0 saturated carbocycles. The van der Waals surface area contributed by atoms with Crippen molar-refractivity contribution in [3.05, 3.63) is 0 Å². The van der Waals surface area contributed by atoms with Gasteiger partial charge in [-0.2, -0.15) is 0 Å². The molecule has 0 aliphatic rings. The Kier molecular flexibility index (Phi) is 11.1. The monoisotopic (exact) mass is 329 g/mol. The van der Waals surface area contributed by atoms with E-state index in [-0.39, 0.29) is 32.5 Å². The molecule has 8 heavy (non-hydrogen) atoms. The van der Waals surface area contributed by atoms with Crippen LogP contribution >= 0.6 is 12.6 Å². The van der Waals surface area contributed by atoms with Crippen LogP contribution in [-0.4, -0.2) is 45.6 Å². The van der Waals surface area contributed by atoms with E-state index in [4.69, 9.17) is 11.1 Å². The zero-order valence-electron chi connectivity index (χ0n) is 4.65. The van der Waals surface area contributed by atoms with Crippen LogP contribution < -0.4 is 11.1 Å². The van der Waals surface area contributed by atoms with Crippen LogP contribution in [0, 0.1) is 5.41 Å². The van der Waals surface area contributed by atoms with E-state index in [0.717, 1.165) is 0 Å². The quantitative estimate of drug-likeness (QED) is 0.215. The van der Waals surface area contributed by atoms with Gasteiger partial charge in [0.1, 0.15) is 0 Å². The maximum absolute atomic E-state index is 6.70. The summed E-state index contributed by atoms with van der Waals surface area (Å²) in [6.07, 6.45) is 0. The summed E-state index contributed by atoms with van der Waals surface area (Å²) in [5, 5.41) is 9.48. The van der Waals surface area contributed by atoms with Crippen LogP contribution in [0.25, 0.3) is 0 Å². The van der Waals surface area contributed by atoms with Crippen molar-refractivity contribution in [2.45, 2.75) is 0 Å². The van der Waals surface area contributed by atoms with Gasteiger partial charge in [-0.1, -0.05) is 0 Å². The summed E-state index contributed by atoms with van der Waals surface area (Å²) >= 11 is 3.65. The Morgan fingerprint density at radius 1 is 1.75 bits per heavy atom. The molecule has 0 heterocycles. The second-order valence-electron chi connectivity index (χ2n) is 1.06. The first-order valence-electron chi connectivity index (χ1n) is 1.99. The van der Waals surface area contributed by atoms with Gasteiger partial charge >= 0.3 is 27.3 Å². The second kappa shape index (κ2) is 7.70. The Bertz CT molecular complexity index is 67.5. The number of nitrogens with one attached hydrogen (secondary N) is 2. The van der Waals surface area contributed by atoms with Gasteiger partial charge in [-0.3, -0.25) is 5.41 Å².